The molecule has 2 rings (SSSR count). The zero-order chi connectivity index (χ0) is 9.26. The molecule has 3 heteroatoms. The summed E-state index contributed by atoms with van der Waals surface area (Å²) in [4.78, 5) is 4.22. The molecular weight excluding hydrogens is 166 g/mol. The number of nitrogens with zero attached hydrogens (tertiary/aromatic N) is 1. The van der Waals surface area contributed by atoms with Gasteiger partial charge in [-0.3, -0.25) is 0 Å². The molecule has 1 saturated heterocycles. The van der Waals surface area contributed by atoms with Crippen LogP contribution >= 0.6 is 0 Å². The fourth-order valence-corrected chi connectivity index (χ4v) is 1.38. The summed E-state index contributed by atoms with van der Waals surface area (Å²) in [7, 11) is 1.64. The van der Waals surface area contributed by atoms with E-state index in [-0.39, 0.29) is 0 Å². The van der Waals surface area contributed by atoms with Gasteiger partial charge in [0.25, 0.3) is 0 Å². The van der Waals surface area contributed by atoms with Crippen molar-refractivity contribution >= 4 is 0 Å². The van der Waals surface area contributed by atoms with E-state index in [1.807, 2.05) is 13.0 Å². The molecular formula is C10H13NO2. The molecule has 1 aromatic heterocycles. The standard InChI is InChI=1S/C10H13NO2/c1-7-3-8(4-9-6-13-9)5-10(11-7)12-2/h3,5,9H,4,6H2,1-2H3. The van der Waals surface area contributed by atoms with Gasteiger partial charge in [0, 0.05) is 18.2 Å². The second-order valence-electron chi connectivity index (χ2n) is 3.32. The number of ether oxygens (including phenoxy) is 2. The Bertz CT molecular complexity index is 308. The summed E-state index contributed by atoms with van der Waals surface area (Å²) in [6, 6.07) is 4.04. The van der Waals surface area contributed by atoms with Crippen molar-refractivity contribution in [2.45, 2.75) is 19.4 Å². The van der Waals surface area contributed by atoms with E-state index < -0.39 is 0 Å². The number of pyridine rings is 1. The Kier molecular flexibility index (Phi) is 2.19. The van der Waals surface area contributed by atoms with E-state index in [0.717, 1.165) is 18.7 Å². The molecule has 2 heterocycles. The first-order chi connectivity index (χ1) is 6.28. The number of epoxide rings is 1. The van der Waals surface area contributed by atoms with Crippen LogP contribution in [-0.4, -0.2) is 24.8 Å². The van der Waals surface area contributed by atoms with Crippen LogP contribution in [0.25, 0.3) is 0 Å². The molecule has 1 aromatic rings. The van der Waals surface area contributed by atoms with Gasteiger partial charge in [0.2, 0.25) is 5.88 Å². The summed E-state index contributed by atoms with van der Waals surface area (Å²) in [6.07, 6.45) is 1.39. The molecule has 0 radical (unpaired) electrons. The van der Waals surface area contributed by atoms with Crippen LogP contribution in [-0.2, 0) is 11.2 Å². The Labute approximate surface area is 77.7 Å². The van der Waals surface area contributed by atoms with Crippen molar-refractivity contribution in [1.82, 2.24) is 4.98 Å². The molecule has 1 aliphatic rings. The van der Waals surface area contributed by atoms with Gasteiger partial charge in [-0.2, -0.15) is 0 Å². The Morgan fingerprint density at radius 2 is 2.38 bits per heavy atom. The molecule has 0 bridgehead atoms. The molecule has 3 nitrogen and oxygen atoms in total. The van der Waals surface area contributed by atoms with Crippen LogP contribution in [0, 0.1) is 6.92 Å². The molecule has 1 atom stereocenters. The lowest BCUT2D eigenvalue weighted by Crippen LogP contribution is -1.97. The van der Waals surface area contributed by atoms with Gasteiger partial charge in [-0.15, -0.1) is 0 Å². The van der Waals surface area contributed by atoms with Gasteiger partial charge in [-0.05, 0) is 18.6 Å². The highest BCUT2D eigenvalue weighted by Gasteiger charge is 2.22. The normalized spacial score (nSPS) is 20.0. The third kappa shape index (κ3) is 2.18. The van der Waals surface area contributed by atoms with Crippen LogP contribution in [0.3, 0.4) is 0 Å². The minimum absolute atomic E-state index is 0.423. The Hall–Kier alpha value is -1.09. The molecule has 13 heavy (non-hydrogen) atoms. The van der Waals surface area contributed by atoms with Gasteiger partial charge in [0.1, 0.15) is 0 Å². The van der Waals surface area contributed by atoms with E-state index in [1.54, 1.807) is 7.11 Å². The van der Waals surface area contributed by atoms with Crippen LogP contribution in [0.15, 0.2) is 12.1 Å². The van der Waals surface area contributed by atoms with Crippen LogP contribution in [0.1, 0.15) is 11.3 Å². The van der Waals surface area contributed by atoms with Gasteiger partial charge in [0.15, 0.2) is 0 Å². The van der Waals surface area contributed by atoms with E-state index >= 15 is 0 Å². The van der Waals surface area contributed by atoms with Gasteiger partial charge >= 0.3 is 0 Å². The van der Waals surface area contributed by atoms with Gasteiger partial charge in [-0.1, -0.05) is 0 Å². The zero-order valence-electron chi connectivity index (χ0n) is 7.91. The molecule has 1 aliphatic heterocycles. The van der Waals surface area contributed by atoms with Crippen LogP contribution in [0.4, 0.5) is 0 Å². The molecule has 0 saturated carbocycles. The van der Waals surface area contributed by atoms with E-state index in [1.165, 1.54) is 5.56 Å². The summed E-state index contributed by atoms with van der Waals surface area (Å²) in [5, 5.41) is 0. The van der Waals surface area contributed by atoms with Crippen molar-refractivity contribution in [2.24, 2.45) is 0 Å². The quantitative estimate of drug-likeness (QED) is 0.657. The number of methoxy groups -OCH3 is 1. The predicted octanol–water partition coefficient (Wildman–Crippen LogP) is 1.34. The highest BCUT2D eigenvalue weighted by atomic mass is 16.6. The number of aromatic nitrogens is 1. The maximum Gasteiger partial charge on any atom is 0.213 e. The SMILES string of the molecule is COc1cc(CC2CO2)cc(C)n1. The monoisotopic (exact) mass is 179 g/mol. The summed E-state index contributed by atoms with van der Waals surface area (Å²) in [6.45, 7) is 2.86. The molecule has 0 aromatic carbocycles. The zero-order valence-corrected chi connectivity index (χ0v) is 7.91. The smallest absolute Gasteiger partial charge is 0.213 e. The topological polar surface area (TPSA) is 34.6 Å². The van der Waals surface area contributed by atoms with E-state index in [4.69, 9.17) is 9.47 Å². The summed E-state index contributed by atoms with van der Waals surface area (Å²) in [5.41, 5.74) is 2.24. The predicted molar refractivity (Wildman–Crippen MR) is 49.0 cm³/mol. The molecule has 1 fully saturated rings. The molecule has 0 aliphatic carbocycles. The van der Waals surface area contributed by atoms with E-state index in [2.05, 4.69) is 11.1 Å². The second-order valence-corrected chi connectivity index (χ2v) is 3.32. The molecule has 0 N–H and O–H groups in total. The third-order valence-corrected chi connectivity index (χ3v) is 2.06. The van der Waals surface area contributed by atoms with Crippen LogP contribution in [0.2, 0.25) is 0 Å². The van der Waals surface area contributed by atoms with Crippen molar-refractivity contribution < 1.29 is 9.47 Å². The first-order valence-electron chi connectivity index (χ1n) is 4.41. The summed E-state index contributed by atoms with van der Waals surface area (Å²) < 4.78 is 10.3. The lowest BCUT2D eigenvalue weighted by Gasteiger charge is -2.03. The maximum atomic E-state index is 5.16. The fraction of sp³-hybridized carbons (Fsp3) is 0.500. The van der Waals surface area contributed by atoms with Crippen molar-refractivity contribution in [2.75, 3.05) is 13.7 Å². The summed E-state index contributed by atoms with van der Waals surface area (Å²) in [5.74, 6) is 0.690. The Balaban J connectivity index is 2.17. The number of aryl methyl sites for hydroxylation is 1. The number of hydrogen-bond acceptors (Lipinski definition) is 3. The molecule has 0 amide bonds. The first kappa shape index (κ1) is 8.51. The van der Waals surface area contributed by atoms with Gasteiger partial charge in [-0.25, -0.2) is 4.98 Å². The summed E-state index contributed by atoms with van der Waals surface area (Å²) >= 11 is 0. The van der Waals surface area contributed by atoms with Gasteiger partial charge in [0.05, 0.1) is 19.8 Å². The van der Waals surface area contributed by atoms with Crippen molar-refractivity contribution in [1.29, 1.82) is 0 Å². The highest BCUT2D eigenvalue weighted by molar-refractivity contribution is 5.25. The van der Waals surface area contributed by atoms with E-state index in [0.29, 0.717) is 12.0 Å². The number of hydrogen-bond donors (Lipinski definition) is 0. The molecule has 0 spiro atoms. The minimum Gasteiger partial charge on any atom is -0.481 e. The van der Waals surface area contributed by atoms with Crippen molar-refractivity contribution in [3.8, 4) is 5.88 Å². The lowest BCUT2D eigenvalue weighted by molar-refractivity contribution is 0.393. The van der Waals surface area contributed by atoms with E-state index in [9.17, 15) is 0 Å². The average Bonchev–Trinajstić information content (AvgIpc) is 2.87. The van der Waals surface area contributed by atoms with Crippen molar-refractivity contribution in [3.63, 3.8) is 0 Å². The Morgan fingerprint density at radius 1 is 1.62 bits per heavy atom. The highest BCUT2D eigenvalue weighted by Crippen LogP contribution is 2.19. The second kappa shape index (κ2) is 3.34. The molecule has 1 unspecified atom stereocenters. The maximum absolute atomic E-state index is 5.16. The first-order valence-corrected chi connectivity index (χ1v) is 4.41. The average molecular weight is 179 g/mol. The van der Waals surface area contributed by atoms with Crippen LogP contribution < -0.4 is 4.74 Å². The fourth-order valence-electron chi connectivity index (χ4n) is 1.38. The van der Waals surface area contributed by atoms with Crippen molar-refractivity contribution in [3.05, 3.63) is 23.4 Å². The third-order valence-electron chi connectivity index (χ3n) is 2.06. The number of rotatable bonds is 3. The Morgan fingerprint density at radius 3 is 3.00 bits per heavy atom. The van der Waals surface area contributed by atoms with Crippen LogP contribution in [0.5, 0.6) is 5.88 Å². The lowest BCUT2D eigenvalue weighted by atomic mass is 10.1. The minimum atomic E-state index is 0.423. The largest absolute Gasteiger partial charge is 0.481 e. The van der Waals surface area contributed by atoms with Gasteiger partial charge < -0.3 is 9.47 Å². The molecule has 70 valence electrons.